The van der Waals surface area contributed by atoms with Crippen LogP contribution in [0.25, 0.3) is 0 Å². The maximum absolute atomic E-state index is 11.5. The molecule has 0 aromatic carbocycles. The van der Waals surface area contributed by atoms with Crippen LogP contribution in [-0.2, 0) is 14.3 Å². The van der Waals surface area contributed by atoms with Crippen molar-refractivity contribution in [3.05, 3.63) is 0 Å². The van der Waals surface area contributed by atoms with Gasteiger partial charge in [-0.2, -0.15) is 0 Å². The molecule has 0 radical (unpaired) electrons. The van der Waals surface area contributed by atoms with Gasteiger partial charge in [0.25, 0.3) is 0 Å². The van der Waals surface area contributed by atoms with Gasteiger partial charge in [-0.3, -0.25) is 0 Å². The van der Waals surface area contributed by atoms with Crippen LogP contribution in [0.3, 0.4) is 0 Å². The SMILES string of the molecule is O=C(NCC1CCC(C(=O)O)O1)NC1CCOC1. The molecule has 3 unspecified atom stereocenters. The van der Waals surface area contributed by atoms with E-state index in [0.29, 0.717) is 32.6 Å². The molecule has 0 aromatic rings. The molecule has 2 amide bonds. The van der Waals surface area contributed by atoms with E-state index in [9.17, 15) is 9.59 Å². The number of carboxylic acids is 1. The molecule has 2 rings (SSSR count). The van der Waals surface area contributed by atoms with E-state index in [-0.39, 0.29) is 18.2 Å². The van der Waals surface area contributed by atoms with Gasteiger partial charge < -0.3 is 25.2 Å². The minimum atomic E-state index is -0.940. The van der Waals surface area contributed by atoms with Gasteiger partial charge in [-0.25, -0.2) is 9.59 Å². The lowest BCUT2D eigenvalue weighted by molar-refractivity contribution is -0.149. The van der Waals surface area contributed by atoms with Crippen molar-refractivity contribution in [3.8, 4) is 0 Å². The van der Waals surface area contributed by atoms with E-state index in [2.05, 4.69) is 10.6 Å². The highest BCUT2D eigenvalue weighted by atomic mass is 16.5. The quantitative estimate of drug-likeness (QED) is 0.643. The number of carbonyl (C=O) groups is 2. The van der Waals surface area contributed by atoms with Gasteiger partial charge in [0.2, 0.25) is 0 Å². The first-order chi connectivity index (χ1) is 8.65. The number of urea groups is 1. The topological polar surface area (TPSA) is 96.9 Å². The monoisotopic (exact) mass is 258 g/mol. The van der Waals surface area contributed by atoms with Gasteiger partial charge in [0.1, 0.15) is 0 Å². The molecule has 2 heterocycles. The Kier molecular flexibility index (Phi) is 4.38. The molecule has 0 bridgehead atoms. The number of ether oxygens (including phenoxy) is 2. The highest BCUT2D eigenvalue weighted by Gasteiger charge is 2.30. The van der Waals surface area contributed by atoms with Crippen LogP contribution in [-0.4, -0.2) is 55.1 Å². The number of hydrogen-bond donors (Lipinski definition) is 3. The van der Waals surface area contributed by atoms with Crippen LogP contribution >= 0.6 is 0 Å². The predicted octanol–water partition coefficient (Wildman–Crippen LogP) is -0.293. The molecule has 3 atom stereocenters. The van der Waals surface area contributed by atoms with Crippen LogP contribution in [0.4, 0.5) is 4.79 Å². The van der Waals surface area contributed by atoms with Crippen molar-refractivity contribution in [2.45, 2.75) is 37.5 Å². The summed E-state index contributed by atoms with van der Waals surface area (Å²) < 4.78 is 10.4. The molecule has 0 spiro atoms. The molecule has 2 fully saturated rings. The lowest BCUT2D eigenvalue weighted by Gasteiger charge is -2.15. The second-order valence-electron chi connectivity index (χ2n) is 4.58. The lowest BCUT2D eigenvalue weighted by atomic mass is 10.2. The fourth-order valence-electron chi connectivity index (χ4n) is 2.13. The number of hydrogen-bond acceptors (Lipinski definition) is 4. The number of carboxylic acid groups (broad SMARTS) is 1. The van der Waals surface area contributed by atoms with Crippen molar-refractivity contribution < 1.29 is 24.2 Å². The summed E-state index contributed by atoms with van der Waals surface area (Å²) in [5, 5.41) is 14.2. The summed E-state index contributed by atoms with van der Waals surface area (Å²) in [5.41, 5.74) is 0. The smallest absolute Gasteiger partial charge is 0.332 e. The molecule has 2 aliphatic rings. The van der Waals surface area contributed by atoms with E-state index >= 15 is 0 Å². The molecule has 18 heavy (non-hydrogen) atoms. The van der Waals surface area contributed by atoms with Gasteiger partial charge in [-0.1, -0.05) is 0 Å². The van der Waals surface area contributed by atoms with E-state index in [0.717, 1.165) is 6.42 Å². The van der Waals surface area contributed by atoms with E-state index in [4.69, 9.17) is 14.6 Å². The molecule has 2 saturated heterocycles. The standard InChI is InChI=1S/C11H18N2O5/c14-10(15)9-2-1-8(18-9)5-12-11(16)13-7-3-4-17-6-7/h7-9H,1-6H2,(H,14,15)(H2,12,13,16). The Bertz CT molecular complexity index is 317. The van der Waals surface area contributed by atoms with Crippen molar-refractivity contribution in [2.75, 3.05) is 19.8 Å². The molecule has 7 heteroatoms. The fraction of sp³-hybridized carbons (Fsp3) is 0.818. The Labute approximate surface area is 105 Å². The largest absolute Gasteiger partial charge is 0.479 e. The Morgan fingerprint density at radius 2 is 2.11 bits per heavy atom. The summed E-state index contributed by atoms with van der Waals surface area (Å²) in [6, 6.07) is -0.186. The van der Waals surface area contributed by atoms with Crippen molar-refractivity contribution in [1.82, 2.24) is 10.6 Å². The number of carbonyl (C=O) groups excluding carboxylic acids is 1. The molecule has 7 nitrogen and oxygen atoms in total. The van der Waals surface area contributed by atoms with Crippen LogP contribution in [0.1, 0.15) is 19.3 Å². The second kappa shape index (κ2) is 6.01. The van der Waals surface area contributed by atoms with Gasteiger partial charge >= 0.3 is 12.0 Å². The van der Waals surface area contributed by atoms with Crippen molar-refractivity contribution in [3.63, 3.8) is 0 Å². The van der Waals surface area contributed by atoms with Gasteiger partial charge in [0.05, 0.1) is 18.8 Å². The number of amides is 2. The molecule has 0 aromatic heterocycles. The van der Waals surface area contributed by atoms with Gasteiger partial charge in [0, 0.05) is 13.2 Å². The first-order valence-corrected chi connectivity index (χ1v) is 6.15. The summed E-state index contributed by atoms with van der Waals surface area (Å²) in [6.07, 6.45) is 1.04. The van der Waals surface area contributed by atoms with Gasteiger partial charge in [-0.05, 0) is 19.3 Å². The maximum atomic E-state index is 11.5. The third-order valence-corrected chi connectivity index (χ3v) is 3.14. The first-order valence-electron chi connectivity index (χ1n) is 6.15. The number of rotatable bonds is 4. The zero-order valence-electron chi connectivity index (χ0n) is 10.1. The summed E-state index contributed by atoms with van der Waals surface area (Å²) >= 11 is 0. The summed E-state index contributed by atoms with van der Waals surface area (Å²) in [5.74, 6) is -0.940. The number of nitrogens with one attached hydrogen (secondary N) is 2. The third kappa shape index (κ3) is 3.58. The first kappa shape index (κ1) is 13.1. The highest BCUT2D eigenvalue weighted by Crippen LogP contribution is 2.19. The van der Waals surface area contributed by atoms with E-state index in [1.54, 1.807) is 0 Å². The van der Waals surface area contributed by atoms with Crippen LogP contribution in [0.5, 0.6) is 0 Å². The van der Waals surface area contributed by atoms with Crippen LogP contribution in [0, 0.1) is 0 Å². The van der Waals surface area contributed by atoms with Crippen molar-refractivity contribution >= 4 is 12.0 Å². The zero-order chi connectivity index (χ0) is 13.0. The van der Waals surface area contributed by atoms with Gasteiger partial charge in [0.15, 0.2) is 6.10 Å². The Balaban J connectivity index is 1.62. The summed E-state index contributed by atoms with van der Waals surface area (Å²) in [7, 11) is 0. The third-order valence-electron chi connectivity index (χ3n) is 3.14. The molecule has 3 N–H and O–H groups in total. The predicted molar refractivity (Wildman–Crippen MR) is 61.3 cm³/mol. The molecule has 102 valence electrons. The fourth-order valence-corrected chi connectivity index (χ4v) is 2.13. The Morgan fingerprint density at radius 3 is 2.72 bits per heavy atom. The number of aliphatic carboxylic acids is 1. The van der Waals surface area contributed by atoms with E-state index < -0.39 is 12.1 Å². The lowest BCUT2D eigenvalue weighted by Crippen LogP contribution is -2.44. The average Bonchev–Trinajstić information content (AvgIpc) is 2.96. The van der Waals surface area contributed by atoms with Crippen molar-refractivity contribution in [1.29, 1.82) is 0 Å². The molecule has 0 aliphatic carbocycles. The minimum absolute atomic E-state index is 0.0706. The van der Waals surface area contributed by atoms with E-state index in [1.807, 2.05) is 0 Å². The second-order valence-corrected chi connectivity index (χ2v) is 4.58. The minimum Gasteiger partial charge on any atom is -0.479 e. The average molecular weight is 258 g/mol. The maximum Gasteiger partial charge on any atom is 0.332 e. The molecular formula is C11H18N2O5. The summed E-state index contributed by atoms with van der Waals surface area (Å²) in [4.78, 5) is 22.2. The Hall–Kier alpha value is -1.34. The van der Waals surface area contributed by atoms with Gasteiger partial charge in [-0.15, -0.1) is 0 Å². The normalized spacial score (nSPS) is 31.2. The summed E-state index contributed by atoms with van der Waals surface area (Å²) in [6.45, 7) is 1.56. The zero-order valence-corrected chi connectivity index (χ0v) is 10.1. The van der Waals surface area contributed by atoms with E-state index in [1.165, 1.54) is 0 Å². The van der Waals surface area contributed by atoms with Crippen molar-refractivity contribution in [2.24, 2.45) is 0 Å². The molecule has 0 saturated carbocycles. The van der Waals surface area contributed by atoms with Crippen LogP contribution in [0.2, 0.25) is 0 Å². The molecular weight excluding hydrogens is 240 g/mol. The highest BCUT2D eigenvalue weighted by molar-refractivity contribution is 5.74. The Morgan fingerprint density at radius 1 is 1.28 bits per heavy atom. The molecule has 2 aliphatic heterocycles. The van der Waals surface area contributed by atoms with Crippen LogP contribution < -0.4 is 10.6 Å². The van der Waals surface area contributed by atoms with Crippen LogP contribution in [0.15, 0.2) is 0 Å².